The molecule has 0 radical (unpaired) electrons. The van der Waals surface area contributed by atoms with Crippen molar-refractivity contribution in [2.75, 3.05) is 0 Å². The quantitative estimate of drug-likeness (QED) is 0.145. The molecule has 24 heteroatoms. The normalized spacial score (nSPS) is 33.3. The van der Waals surface area contributed by atoms with E-state index in [2.05, 4.69) is 0 Å². The molecular weight excluding hydrogens is 858 g/mol. The summed E-state index contributed by atoms with van der Waals surface area (Å²) in [5, 5.41) is 0. The summed E-state index contributed by atoms with van der Waals surface area (Å²) in [6.45, 7) is 7.72. The fourth-order valence-electron chi connectivity index (χ4n) is 3.79. The Labute approximate surface area is 278 Å². The van der Waals surface area contributed by atoms with Crippen molar-refractivity contribution in [3.63, 3.8) is 0 Å². The van der Waals surface area contributed by atoms with Gasteiger partial charge in [0, 0.05) is 0 Å². The molecule has 1 rings (SSSR count). The number of rotatable bonds is 12. The van der Waals surface area contributed by atoms with Crippen molar-refractivity contribution in [2.24, 2.45) is 0 Å². The van der Waals surface area contributed by atoms with E-state index in [9.17, 15) is 0 Å². The predicted octanol–water partition coefficient (Wildman–Crippen LogP) is 11.0. The lowest BCUT2D eigenvalue weighted by molar-refractivity contribution is 0.225. The lowest BCUT2D eigenvalue weighted by Crippen LogP contribution is -2.67. The second-order valence-electron chi connectivity index (χ2n) is 9.40. The molecule has 0 aromatic rings. The van der Waals surface area contributed by atoms with E-state index >= 15 is 0 Å². The monoisotopic (exact) mass is 880 g/mol. The summed E-state index contributed by atoms with van der Waals surface area (Å²) in [4.78, 5) is 0. The maximum Gasteiger partial charge on any atom is 0.341 e. The highest BCUT2D eigenvalue weighted by Crippen LogP contribution is 2.44. The van der Waals surface area contributed by atoms with Crippen LogP contribution in [-0.4, -0.2) is 58.3 Å². The van der Waals surface area contributed by atoms with Gasteiger partial charge in [0.15, 0.2) is 0 Å². The number of hydrogen-bond donors (Lipinski definition) is 0. The summed E-state index contributed by atoms with van der Waals surface area (Å²) >= 11 is 74.7. The van der Waals surface area contributed by atoms with Crippen LogP contribution < -0.4 is 0 Å². The van der Waals surface area contributed by atoms with Gasteiger partial charge in [0.05, 0.1) is 0 Å². The Kier molecular flexibility index (Phi) is 15.7. The molecule has 4 nitrogen and oxygen atoms in total. The minimum Gasteiger partial charge on any atom is -0.416 e. The van der Waals surface area contributed by atoms with Gasteiger partial charge in [-0.25, -0.2) is 0 Å². The number of halogens is 12. The molecule has 1 fully saturated rings. The van der Waals surface area contributed by atoms with Gasteiger partial charge in [0.25, 0.3) is 0 Å². The Balaban J connectivity index is 3.48. The van der Waals surface area contributed by atoms with Crippen LogP contribution in [0.3, 0.4) is 0 Å². The van der Waals surface area contributed by atoms with E-state index in [-0.39, 0.29) is 0 Å². The summed E-state index contributed by atoms with van der Waals surface area (Å²) in [6.07, 6.45) is 0. The van der Waals surface area contributed by atoms with Crippen molar-refractivity contribution in [1.82, 2.24) is 0 Å². The minimum atomic E-state index is -3.03. The van der Waals surface area contributed by atoms with Crippen molar-refractivity contribution in [1.29, 1.82) is 0 Å². The Morgan fingerprint density at radius 3 is 0.611 bits per heavy atom. The lowest BCUT2D eigenvalue weighted by Gasteiger charge is -2.51. The van der Waals surface area contributed by atoms with Crippen molar-refractivity contribution >= 4 is 191 Å². The first-order chi connectivity index (χ1) is 15.7. The largest absolute Gasteiger partial charge is 0.416 e. The lowest BCUT2D eigenvalue weighted by atomic mass is 10.9. The third-order valence-electron chi connectivity index (χ3n) is 5.18. The average molecular weight is 886 g/mol. The predicted molar refractivity (Wildman–Crippen MR) is 183 cm³/mol. The van der Waals surface area contributed by atoms with Crippen molar-refractivity contribution in [3.8, 4) is 0 Å². The van der Waals surface area contributed by atoms with Crippen molar-refractivity contribution in [3.05, 3.63) is 0 Å². The summed E-state index contributed by atoms with van der Waals surface area (Å²) in [5.41, 5.74) is 0. The smallest absolute Gasteiger partial charge is 0.341 e. The molecule has 0 saturated carbocycles. The SMILES string of the molecule is C[Si]1(CC[Si](Cl)(Cl)Cl)O[Si](C)(CC[Si](Cl)(Cl)Cl)O[Si](C)(CC[Si](Cl)(Cl)Cl)O[Si](C)(CC[Si](Cl)(Cl)Cl)O1. The van der Waals surface area contributed by atoms with E-state index in [1.165, 1.54) is 0 Å². The zero-order valence-electron chi connectivity index (χ0n) is 19.8. The molecule has 0 aromatic heterocycles. The molecular formula is C12H28Cl12O4Si8. The van der Waals surface area contributed by atoms with Crippen LogP contribution in [-0.2, 0) is 16.5 Å². The molecule has 1 aliphatic heterocycles. The molecule has 216 valence electrons. The summed E-state index contributed by atoms with van der Waals surface area (Å²) in [6, 6.07) is -8.76. The third kappa shape index (κ3) is 17.4. The molecule has 36 heavy (non-hydrogen) atoms. The van der Waals surface area contributed by atoms with Gasteiger partial charge in [-0.3, -0.25) is 0 Å². The highest BCUT2D eigenvalue weighted by Gasteiger charge is 2.58. The van der Waals surface area contributed by atoms with E-state index in [0.717, 1.165) is 0 Å². The van der Waals surface area contributed by atoms with Crippen LogP contribution in [0.5, 0.6) is 0 Å². The van der Waals surface area contributed by atoms with Crippen LogP contribution in [0.1, 0.15) is 0 Å². The van der Waals surface area contributed by atoms with E-state index in [1.807, 2.05) is 26.2 Å². The van der Waals surface area contributed by atoms with Crippen LogP contribution in [0, 0.1) is 0 Å². The minimum absolute atomic E-state index is 0.349. The first-order valence-electron chi connectivity index (χ1n) is 10.7. The van der Waals surface area contributed by atoms with E-state index in [0.29, 0.717) is 48.4 Å². The molecule has 0 aromatic carbocycles. The second kappa shape index (κ2) is 14.4. The average Bonchev–Trinajstić information content (AvgIpc) is 2.59. The second-order valence-corrected chi connectivity index (χ2v) is 60.9. The van der Waals surface area contributed by atoms with Crippen LogP contribution in [0.15, 0.2) is 0 Å². The van der Waals surface area contributed by atoms with Gasteiger partial charge in [-0.15, -0.1) is 133 Å². The molecule has 0 spiro atoms. The van der Waals surface area contributed by atoms with Gasteiger partial charge in [0.1, 0.15) is 0 Å². The maximum absolute atomic E-state index is 6.85. The van der Waals surface area contributed by atoms with Gasteiger partial charge in [0.2, 0.25) is 0 Å². The zero-order chi connectivity index (χ0) is 28.5. The van der Waals surface area contributed by atoms with E-state index in [1.54, 1.807) is 0 Å². The van der Waals surface area contributed by atoms with Gasteiger partial charge in [-0.2, -0.15) is 0 Å². The Hall–Kier alpha value is 5.06. The molecule has 0 N–H and O–H groups in total. The van der Waals surface area contributed by atoms with Gasteiger partial charge < -0.3 is 16.5 Å². The first-order valence-corrected chi connectivity index (χ1v) is 41.8. The molecule has 0 aliphatic carbocycles. The summed E-state index contributed by atoms with van der Waals surface area (Å²) < 4.78 is 27.4. The Morgan fingerprint density at radius 1 is 0.361 bits per heavy atom. The fourth-order valence-corrected chi connectivity index (χ4v) is 45.8. The molecule has 1 aliphatic rings. The van der Waals surface area contributed by atoms with Crippen LogP contribution in [0.2, 0.25) is 74.5 Å². The zero-order valence-corrected chi connectivity index (χ0v) is 36.9. The number of hydrogen-bond acceptors (Lipinski definition) is 4. The molecule has 0 atom stereocenters. The van der Waals surface area contributed by atoms with Crippen LogP contribution in [0.4, 0.5) is 0 Å². The van der Waals surface area contributed by atoms with Crippen molar-refractivity contribution < 1.29 is 16.5 Å². The topological polar surface area (TPSA) is 36.9 Å². The summed E-state index contributed by atoms with van der Waals surface area (Å²) in [7, 11) is -12.1. The summed E-state index contributed by atoms with van der Waals surface area (Å²) in [5.74, 6) is 0. The standard InChI is InChI=1S/C12H28Cl12O4Si8/c1-29(5-9-33(13,14)15)25-30(2,6-10-34(16,17)18)27-32(4,8-12-36(22,23)24)28-31(3,26-29)7-11-35(19,20)21/h5-12H2,1-4H3. The molecule has 1 saturated heterocycles. The highest BCUT2D eigenvalue weighted by atomic mass is 35.9. The van der Waals surface area contributed by atoms with E-state index < -0.39 is 58.3 Å². The molecule has 0 unspecified atom stereocenters. The van der Waals surface area contributed by atoms with Crippen LogP contribution in [0.25, 0.3) is 0 Å². The van der Waals surface area contributed by atoms with Gasteiger partial charge in [-0.05, 0) is 74.5 Å². The third-order valence-corrected chi connectivity index (χ3v) is 35.7. The van der Waals surface area contributed by atoms with Crippen molar-refractivity contribution in [2.45, 2.75) is 74.5 Å². The first kappa shape index (κ1) is 39.1. The Morgan fingerprint density at radius 2 is 0.500 bits per heavy atom. The fraction of sp³-hybridized carbons (Fsp3) is 1.00. The molecule has 0 amide bonds. The van der Waals surface area contributed by atoms with Gasteiger partial charge >= 0.3 is 58.3 Å². The highest BCUT2D eigenvalue weighted by molar-refractivity contribution is 7.66. The Bertz CT molecular complexity index is 603. The van der Waals surface area contributed by atoms with E-state index in [4.69, 9.17) is 149 Å². The maximum atomic E-state index is 6.85. The molecule has 1 heterocycles. The van der Waals surface area contributed by atoms with Crippen LogP contribution >= 0.6 is 133 Å². The molecule has 0 bridgehead atoms. The van der Waals surface area contributed by atoms with Gasteiger partial charge in [-0.1, -0.05) is 0 Å².